The summed E-state index contributed by atoms with van der Waals surface area (Å²) in [4.78, 5) is 12.2. The van der Waals surface area contributed by atoms with Gasteiger partial charge < -0.3 is 11.1 Å². The van der Waals surface area contributed by atoms with Gasteiger partial charge in [-0.1, -0.05) is 13.8 Å². The fourth-order valence-corrected chi connectivity index (χ4v) is 2.14. The van der Waals surface area contributed by atoms with Gasteiger partial charge in [0.1, 0.15) is 11.6 Å². The Morgan fingerprint density at radius 3 is 2.37 bits per heavy atom. The molecule has 0 aliphatic carbocycles. The minimum Gasteiger partial charge on any atom is -0.329 e. The fourth-order valence-electron chi connectivity index (χ4n) is 1.83. The van der Waals surface area contributed by atoms with Crippen LogP contribution in [0.5, 0.6) is 0 Å². The van der Waals surface area contributed by atoms with Crippen LogP contribution >= 0.6 is 15.9 Å². The lowest BCUT2D eigenvalue weighted by Gasteiger charge is -2.28. The first-order valence-corrected chi connectivity index (χ1v) is 6.85. The number of anilines is 1. The van der Waals surface area contributed by atoms with E-state index in [9.17, 15) is 13.6 Å². The molecule has 1 rings (SSSR count). The number of benzene rings is 1. The molecule has 0 saturated heterocycles. The standard InChI is InChI=1S/C13H17BrF2N2O/c1-3-13(4-2,7-17)12(19)18-11-6-9(15)8(14)5-10(11)16/h5-6H,3-4,7,17H2,1-2H3,(H,18,19). The third-order valence-corrected chi connectivity index (χ3v) is 4.09. The number of nitrogens with one attached hydrogen (secondary N) is 1. The number of hydrogen-bond acceptors (Lipinski definition) is 2. The third-order valence-electron chi connectivity index (χ3n) is 3.48. The molecule has 0 radical (unpaired) electrons. The lowest BCUT2D eigenvalue weighted by molar-refractivity contribution is -0.125. The summed E-state index contributed by atoms with van der Waals surface area (Å²) >= 11 is 2.88. The van der Waals surface area contributed by atoms with Crippen LogP contribution in [0.4, 0.5) is 14.5 Å². The van der Waals surface area contributed by atoms with E-state index in [4.69, 9.17) is 5.73 Å². The molecule has 0 aliphatic heterocycles. The van der Waals surface area contributed by atoms with E-state index in [0.717, 1.165) is 12.1 Å². The highest BCUT2D eigenvalue weighted by Gasteiger charge is 2.33. The zero-order chi connectivity index (χ0) is 14.6. The highest BCUT2D eigenvalue weighted by Crippen LogP contribution is 2.29. The van der Waals surface area contributed by atoms with Crippen LogP contribution in [0.3, 0.4) is 0 Å². The largest absolute Gasteiger partial charge is 0.329 e. The maximum absolute atomic E-state index is 13.6. The smallest absolute Gasteiger partial charge is 0.231 e. The lowest BCUT2D eigenvalue weighted by atomic mass is 9.81. The molecule has 6 heteroatoms. The predicted molar refractivity (Wildman–Crippen MR) is 74.8 cm³/mol. The Hall–Kier alpha value is -1.01. The number of nitrogens with two attached hydrogens (primary N) is 1. The van der Waals surface area contributed by atoms with Crippen LogP contribution in [0.1, 0.15) is 26.7 Å². The van der Waals surface area contributed by atoms with Crippen LogP contribution in [0, 0.1) is 17.0 Å². The first kappa shape index (κ1) is 16.0. The van der Waals surface area contributed by atoms with Crippen molar-refractivity contribution in [2.45, 2.75) is 26.7 Å². The van der Waals surface area contributed by atoms with Crippen molar-refractivity contribution in [2.75, 3.05) is 11.9 Å². The van der Waals surface area contributed by atoms with Gasteiger partial charge in [-0.25, -0.2) is 8.78 Å². The van der Waals surface area contributed by atoms with Gasteiger partial charge in [-0.15, -0.1) is 0 Å². The second-order valence-electron chi connectivity index (χ2n) is 4.39. The summed E-state index contributed by atoms with van der Waals surface area (Å²) < 4.78 is 27.0. The average Bonchev–Trinajstić information content (AvgIpc) is 2.38. The molecule has 0 saturated carbocycles. The molecule has 1 amide bonds. The van der Waals surface area contributed by atoms with Gasteiger partial charge in [0.2, 0.25) is 5.91 Å². The van der Waals surface area contributed by atoms with Gasteiger partial charge in [0.05, 0.1) is 15.6 Å². The molecule has 19 heavy (non-hydrogen) atoms. The van der Waals surface area contributed by atoms with E-state index in [2.05, 4.69) is 21.2 Å². The molecule has 0 aliphatic rings. The Morgan fingerprint density at radius 2 is 1.89 bits per heavy atom. The number of carbonyl (C=O) groups excluding carboxylic acids is 1. The highest BCUT2D eigenvalue weighted by atomic mass is 79.9. The second kappa shape index (κ2) is 6.43. The fraction of sp³-hybridized carbons (Fsp3) is 0.462. The predicted octanol–water partition coefficient (Wildman–Crippen LogP) is 3.43. The minimum absolute atomic E-state index is 0.0130. The summed E-state index contributed by atoms with van der Waals surface area (Å²) in [5.41, 5.74) is 4.71. The van der Waals surface area contributed by atoms with E-state index in [1.165, 1.54) is 0 Å². The van der Waals surface area contributed by atoms with Crippen LogP contribution < -0.4 is 11.1 Å². The second-order valence-corrected chi connectivity index (χ2v) is 5.25. The minimum atomic E-state index is -0.754. The normalized spacial score (nSPS) is 11.5. The van der Waals surface area contributed by atoms with Gasteiger partial charge in [-0.2, -0.15) is 0 Å². The van der Waals surface area contributed by atoms with Gasteiger partial charge >= 0.3 is 0 Å². The molecule has 106 valence electrons. The molecule has 0 bridgehead atoms. The Morgan fingerprint density at radius 1 is 1.32 bits per heavy atom. The summed E-state index contributed by atoms with van der Waals surface area (Å²) in [5.74, 6) is -1.72. The zero-order valence-corrected chi connectivity index (χ0v) is 12.5. The van der Waals surface area contributed by atoms with E-state index < -0.39 is 17.0 Å². The van der Waals surface area contributed by atoms with Crippen molar-refractivity contribution >= 4 is 27.5 Å². The molecule has 0 atom stereocenters. The van der Waals surface area contributed by atoms with Crippen LogP contribution in [0.2, 0.25) is 0 Å². The molecule has 0 aromatic heterocycles. The molecule has 0 heterocycles. The van der Waals surface area contributed by atoms with E-state index in [1.807, 2.05) is 13.8 Å². The molecule has 0 fully saturated rings. The molecule has 0 unspecified atom stereocenters. The number of hydrogen-bond donors (Lipinski definition) is 2. The molecule has 1 aromatic carbocycles. The molecule has 3 N–H and O–H groups in total. The molecular weight excluding hydrogens is 318 g/mol. The quantitative estimate of drug-likeness (QED) is 0.810. The van der Waals surface area contributed by atoms with Crippen molar-refractivity contribution in [3.63, 3.8) is 0 Å². The SMILES string of the molecule is CCC(CC)(CN)C(=O)Nc1cc(F)c(Br)cc1F. The Bertz CT molecular complexity index is 468. The monoisotopic (exact) mass is 334 g/mol. The molecule has 3 nitrogen and oxygen atoms in total. The Balaban J connectivity index is 3.02. The lowest BCUT2D eigenvalue weighted by Crippen LogP contribution is -2.41. The Kier molecular flexibility index (Phi) is 5.43. The van der Waals surface area contributed by atoms with Crippen molar-refractivity contribution in [3.8, 4) is 0 Å². The molecule has 0 spiro atoms. The molecular formula is C13H17BrF2N2O. The van der Waals surface area contributed by atoms with Crippen molar-refractivity contribution < 1.29 is 13.6 Å². The first-order valence-electron chi connectivity index (χ1n) is 6.06. The maximum atomic E-state index is 13.6. The van der Waals surface area contributed by atoms with Crippen LogP contribution in [0.25, 0.3) is 0 Å². The van der Waals surface area contributed by atoms with E-state index in [-0.39, 0.29) is 22.6 Å². The summed E-state index contributed by atoms with van der Waals surface area (Å²) in [6.07, 6.45) is 1.07. The van der Waals surface area contributed by atoms with Crippen molar-refractivity contribution in [1.29, 1.82) is 0 Å². The van der Waals surface area contributed by atoms with Gasteiger partial charge in [0, 0.05) is 12.6 Å². The van der Waals surface area contributed by atoms with Crippen molar-refractivity contribution in [3.05, 3.63) is 28.2 Å². The number of carbonyl (C=O) groups is 1. The van der Waals surface area contributed by atoms with Gasteiger partial charge in [-0.3, -0.25) is 4.79 Å². The number of halogens is 3. The van der Waals surface area contributed by atoms with Gasteiger partial charge in [0.15, 0.2) is 0 Å². The van der Waals surface area contributed by atoms with E-state index in [1.54, 1.807) is 0 Å². The van der Waals surface area contributed by atoms with Crippen LogP contribution in [-0.4, -0.2) is 12.5 Å². The van der Waals surface area contributed by atoms with Crippen LogP contribution in [-0.2, 0) is 4.79 Å². The van der Waals surface area contributed by atoms with Gasteiger partial charge in [-0.05, 0) is 34.8 Å². The summed E-state index contributed by atoms with van der Waals surface area (Å²) in [6.45, 7) is 3.84. The van der Waals surface area contributed by atoms with Crippen LogP contribution in [0.15, 0.2) is 16.6 Å². The topological polar surface area (TPSA) is 55.1 Å². The summed E-state index contributed by atoms with van der Waals surface area (Å²) in [5, 5.41) is 2.42. The van der Waals surface area contributed by atoms with Crippen molar-refractivity contribution in [2.24, 2.45) is 11.1 Å². The van der Waals surface area contributed by atoms with Crippen molar-refractivity contribution in [1.82, 2.24) is 0 Å². The number of rotatable bonds is 5. The summed E-state index contributed by atoms with van der Waals surface area (Å²) in [7, 11) is 0. The van der Waals surface area contributed by atoms with Gasteiger partial charge in [0.25, 0.3) is 0 Å². The maximum Gasteiger partial charge on any atom is 0.231 e. The molecule has 1 aromatic rings. The van der Waals surface area contributed by atoms with E-state index >= 15 is 0 Å². The number of amides is 1. The highest BCUT2D eigenvalue weighted by molar-refractivity contribution is 9.10. The average molecular weight is 335 g/mol. The van der Waals surface area contributed by atoms with E-state index in [0.29, 0.717) is 12.8 Å². The third kappa shape index (κ3) is 3.30. The summed E-state index contributed by atoms with van der Waals surface area (Å²) in [6, 6.07) is 1.93. The Labute approximate surface area is 119 Å². The first-order chi connectivity index (χ1) is 8.90. The zero-order valence-electron chi connectivity index (χ0n) is 10.9.